The van der Waals surface area contributed by atoms with Crippen molar-refractivity contribution in [3.63, 3.8) is 0 Å². The lowest BCUT2D eigenvalue weighted by molar-refractivity contribution is 0.0636. The average Bonchev–Trinajstić information content (AvgIpc) is 2.20. The summed E-state index contributed by atoms with van der Waals surface area (Å²) in [4.78, 5) is 11.6. The first-order valence-corrected chi connectivity index (χ1v) is 6.12. The molecule has 0 aliphatic heterocycles. The molecule has 0 atom stereocenters. The second-order valence-electron chi connectivity index (χ2n) is 4.96. The summed E-state index contributed by atoms with van der Waals surface area (Å²) in [6, 6.07) is 5.31. The molecule has 4 nitrogen and oxygen atoms in total. The topological polar surface area (TPSA) is 50.4 Å². The van der Waals surface area contributed by atoms with Crippen LogP contribution >= 0.6 is 11.6 Å². The number of halogens is 1. The molecular weight excluding hydrogens is 252 g/mol. The van der Waals surface area contributed by atoms with Crippen LogP contribution in [-0.4, -0.2) is 18.7 Å². The van der Waals surface area contributed by atoms with Crippen molar-refractivity contribution in [3.05, 3.63) is 28.8 Å². The minimum atomic E-state index is -0.510. The highest BCUT2D eigenvalue weighted by Crippen LogP contribution is 2.21. The molecule has 1 aromatic carbocycles. The lowest BCUT2D eigenvalue weighted by atomic mass is 10.2. The minimum absolute atomic E-state index is 0.472. The first kappa shape index (κ1) is 14.8. The zero-order valence-corrected chi connectivity index (χ0v) is 11.9. The molecule has 100 valence electrons. The molecule has 0 radical (unpaired) electrons. The van der Waals surface area contributed by atoms with Gasteiger partial charge in [-0.15, -0.1) is 0 Å². The maximum atomic E-state index is 11.6. The number of amides is 1. The number of carbonyl (C=O) groups is 1. The Balaban J connectivity index is 2.73. The van der Waals surface area contributed by atoms with Crippen LogP contribution in [-0.2, 0) is 11.3 Å². The van der Waals surface area contributed by atoms with Crippen LogP contribution in [0.3, 0.4) is 0 Å². The van der Waals surface area contributed by atoms with Gasteiger partial charge in [0.15, 0.2) is 0 Å². The van der Waals surface area contributed by atoms with Crippen LogP contribution in [0.5, 0.6) is 0 Å². The molecule has 0 aliphatic carbocycles. The summed E-state index contributed by atoms with van der Waals surface area (Å²) in [5.41, 5.74) is 1.08. The molecule has 0 aliphatic rings. The van der Waals surface area contributed by atoms with Crippen molar-refractivity contribution >= 4 is 23.4 Å². The average molecular weight is 271 g/mol. The second kappa shape index (κ2) is 6.07. The predicted molar refractivity (Wildman–Crippen MR) is 74.1 cm³/mol. The van der Waals surface area contributed by atoms with Gasteiger partial charge in [-0.3, -0.25) is 5.32 Å². The van der Waals surface area contributed by atoms with E-state index in [1.165, 1.54) is 0 Å². The Bertz CT molecular complexity index is 427. The van der Waals surface area contributed by atoms with Gasteiger partial charge in [-0.25, -0.2) is 4.79 Å². The Labute approximate surface area is 113 Å². The van der Waals surface area contributed by atoms with Crippen LogP contribution in [0.25, 0.3) is 0 Å². The van der Waals surface area contributed by atoms with Crippen LogP contribution in [0.15, 0.2) is 18.2 Å². The number of benzene rings is 1. The van der Waals surface area contributed by atoms with Gasteiger partial charge >= 0.3 is 6.09 Å². The summed E-state index contributed by atoms with van der Waals surface area (Å²) in [5.74, 6) is 0. The van der Waals surface area contributed by atoms with Crippen molar-refractivity contribution in [2.75, 3.05) is 12.4 Å². The summed E-state index contributed by atoms with van der Waals surface area (Å²) in [6.07, 6.45) is -0.472. The van der Waals surface area contributed by atoms with Gasteiger partial charge in [-0.1, -0.05) is 11.6 Å². The Morgan fingerprint density at radius 2 is 2.06 bits per heavy atom. The van der Waals surface area contributed by atoms with Gasteiger partial charge in [-0.05, 0) is 51.6 Å². The van der Waals surface area contributed by atoms with E-state index in [4.69, 9.17) is 16.3 Å². The van der Waals surface area contributed by atoms with Crippen molar-refractivity contribution in [2.24, 2.45) is 0 Å². The molecule has 5 heteroatoms. The number of hydrogen-bond donors (Lipinski definition) is 2. The number of nitrogens with one attached hydrogen (secondary N) is 2. The van der Waals surface area contributed by atoms with Gasteiger partial charge < -0.3 is 10.1 Å². The van der Waals surface area contributed by atoms with E-state index < -0.39 is 11.7 Å². The molecule has 2 N–H and O–H groups in total. The van der Waals surface area contributed by atoms with Crippen molar-refractivity contribution in [2.45, 2.75) is 32.9 Å². The maximum absolute atomic E-state index is 11.6. The van der Waals surface area contributed by atoms with Gasteiger partial charge in [0.25, 0.3) is 0 Å². The van der Waals surface area contributed by atoms with Crippen molar-refractivity contribution in [3.8, 4) is 0 Å². The van der Waals surface area contributed by atoms with E-state index in [0.29, 0.717) is 17.3 Å². The van der Waals surface area contributed by atoms with E-state index >= 15 is 0 Å². The van der Waals surface area contributed by atoms with Crippen molar-refractivity contribution < 1.29 is 9.53 Å². The molecule has 0 fully saturated rings. The molecule has 1 amide bonds. The maximum Gasteiger partial charge on any atom is 0.412 e. The molecular formula is C13H19ClN2O2. The van der Waals surface area contributed by atoms with E-state index in [2.05, 4.69) is 10.6 Å². The lowest BCUT2D eigenvalue weighted by Crippen LogP contribution is -2.27. The van der Waals surface area contributed by atoms with E-state index in [0.717, 1.165) is 5.56 Å². The number of anilines is 1. The summed E-state index contributed by atoms with van der Waals surface area (Å²) in [6.45, 7) is 6.10. The van der Waals surface area contributed by atoms with Crippen LogP contribution in [0.1, 0.15) is 26.3 Å². The van der Waals surface area contributed by atoms with Gasteiger partial charge in [0.05, 0.1) is 0 Å². The Hall–Kier alpha value is -1.26. The fourth-order valence-electron chi connectivity index (χ4n) is 1.40. The first-order chi connectivity index (χ1) is 8.31. The van der Waals surface area contributed by atoms with E-state index in [-0.39, 0.29) is 0 Å². The van der Waals surface area contributed by atoms with Crippen LogP contribution in [0.2, 0.25) is 5.02 Å². The molecule has 0 saturated heterocycles. The van der Waals surface area contributed by atoms with Gasteiger partial charge in [0.1, 0.15) is 5.60 Å². The van der Waals surface area contributed by atoms with E-state index in [9.17, 15) is 4.79 Å². The minimum Gasteiger partial charge on any atom is -0.444 e. The van der Waals surface area contributed by atoms with E-state index in [1.54, 1.807) is 12.1 Å². The highest BCUT2D eigenvalue weighted by atomic mass is 35.5. The van der Waals surface area contributed by atoms with Crippen LogP contribution in [0.4, 0.5) is 10.5 Å². The van der Waals surface area contributed by atoms with Crippen LogP contribution < -0.4 is 10.6 Å². The molecule has 1 aromatic rings. The molecule has 0 aromatic heterocycles. The molecule has 18 heavy (non-hydrogen) atoms. The van der Waals surface area contributed by atoms with E-state index in [1.807, 2.05) is 33.9 Å². The summed E-state index contributed by atoms with van der Waals surface area (Å²) >= 11 is 6.03. The standard InChI is InChI=1S/C13H19ClN2O2/c1-13(2,3)18-12(17)16-10-5-6-11(14)9(7-10)8-15-4/h5-7,15H,8H2,1-4H3,(H,16,17). The highest BCUT2D eigenvalue weighted by Gasteiger charge is 2.16. The van der Waals surface area contributed by atoms with Gasteiger partial charge in [0, 0.05) is 17.3 Å². The largest absolute Gasteiger partial charge is 0.444 e. The fraction of sp³-hybridized carbons (Fsp3) is 0.462. The fourth-order valence-corrected chi connectivity index (χ4v) is 1.58. The molecule has 0 spiro atoms. The number of carbonyl (C=O) groups excluding carboxylic acids is 1. The number of hydrogen-bond acceptors (Lipinski definition) is 3. The first-order valence-electron chi connectivity index (χ1n) is 5.75. The third kappa shape index (κ3) is 4.94. The summed E-state index contributed by atoms with van der Waals surface area (Å²) in [7, 11) is 1.84. The molecule has 1 rings (SSSR count). The second-order valence-corrected chi connectivity index (χ2v) is 5.37. The SMILES string of the molecule is CNCc1cc(NC(=O)OC(C)(C)C)ccc1Cl. The highest BCUT2D eigenvalue weighted by molar-refractivity contribution is 6.31. The molecule has 0 saturated carbocycles. The van der Waals surface area contributed by atoms with Gasteiger partial charge in [0.2, 0.25) is 0 Å². The van der Waals surface area contributed by atoms with Crippen LogP contribution in [0, 0.1) is 0 Å². The normalized spacial score (nSPS) is 11.2. The summed E-state index contributed by atoms with van der Waals surface area (Å²) < 4.78 is 5.17. The Morgan fingerprint density at radius 1 is 1.39 bits per heavy atom. The van der Waals surface area contributed by atoms with Gasteiger partial charge in [-0.2, -0.15) is 0 Å². The monoisotopic (exact) mass is 270 g/mol. The third-order valence-electron chi connectivity index (χ3n) is 2.06. The number of ether oxygens (including phenoxy) is 1. The third-order valence-corrected chi connectivity index (χ3v) is 2.43. The molecule has 0 unspecified atom stereocenters. The number of rotatable bonds is 3. The summed E-state index contributed by atoms with van der Waals surface area (Å²) in [5, 5.41) is 6.36. The van der Waals surface area contributed by atoms with Crippen molar-refractivity contribution in [1.29, 1.82) is 0 Å². The zero-order valence-electron chi connectivity index (χ0n) is 11.1. The predicted octanol–water partition coefficient (Wildman–Crippen LogP) is 3.41. The quantitative estimate of drug-likeness (QED) is 0.885. The lowest BCUT2D eigenvalue weighted by Gasteiger charge is -2.20. The smallest absolute Gasteiger partial charge is 0.412 e. The Morgan fingerprint density at radius 3 is 2.61 bits per heavy atom. The Kier molecular flexibility index (Phi) is 4.99. The van der Waals surface area contributed by atoms with Crippen molar-refractivity contribution in [1.82, 2.24) is 5.32 Å². The zero-order chi connectivity index (χ0) is 13.8. The molecule has 0 bridgehead atoms. The molecule has 0 heterocycles.